The normalized spacial score (nSPS) is 21.6. The molecule has 2 atom stereocenters. The average molecular weight is 665 g/mol. The van der Waals surface area contributed by atoms with E-state index in [1.54, 1.807) is 4.90 Å². The number of ether oxygens (including phenoxy) is 1. The lowest BCUT2D eigenvalue weighted by molar-refractivity contribution is -0.147. The summed E-state index contributed by atoms with van der Waals surface area (Å²) in [6.07, 6.45) is 4.93. The Hall–Kier alpha value is -3.83. The van der Waals surface area contributed by atoms with Crippen LogP contribution in [0.15, 0.2) is 42.5 Å². The van der Waals surface area contributed by atoms with Crippen molar-refractivity contribution in [3.63, 3.8) is 0 Å². The summed E-state index contributed by atoms with van der Waals surface area (Å²) in [7, 11) is 1.43. The first kappa shape index (κ1) is 33.1. The Kier molecular flexibility index (Phi) is 10.2. The van der Waals surface area contributed by atoms with Crippen molar-refractivity contribution in [2.75, 3.05) is 45.2 Å². The molecule has 252 valence electrons. The number of hydrogen-bond donors (Lipinski definition) is 2. The van der Waals surface area contributed by atoms with Crippen molar-refractivity contribution >= 4 is 41.2 Å². The Morgan fingerprint density at radius 2 is 1.66 bits per heavy atom. The third-order valence-electron chi connectivity index (χ3n) is 10.3. The van der Waals surface area contributed by atoms with Crippen LogP contribution in [0.4, 0.5) is 15.3 Å². The predicted molar refractivity (Wildman–Crippen MR) is 179 cm³/mol. The van der Waals surface area contributed by atoms with E-state index in [1.165, 1.54) is 7.11 Å². The molecular formula is C35H45ClN6O5. The van der Waals surface area contributed by atoms with Crippen LogP contribution in [0.5, 0.6) is 0 Å². The van der Waals surface area contributed by atoms with Crippen molar-refractivity contribution in [1.82, 2.24) is 24.9 Å². The standard InChI is InChI=1S/C35H45ClN6O5/c1-23-9-10-24(20-28(23)36)21-30(32(43)39-16-11-26(12-17-39)41-15-5-8-31(41)33(44)47-2)38-34(45)40-18-13-27(14-19-40)42-22-25-6-3-4-7-29(25)37-35(42)46/h3-4,6-7,9-10,20,26-27,30-31H,5,8,11-19,21-22H2,1-2H3,(H,37,46)(H,38,45)/t30?,31-/m1/s1. The quantitative estimate of drug-likeness (QED) is 0.424. The number of benzene rings is 2. The maximum Gasteiger partial charge on any atom is 0.323 e. The zero-order valence-electron chi connectivity index (χ0n) is 27.3. The second-order valence-corrected chi connectivity index (χ2v) is 13.6. The Morgan fingerprint density at radius 3 is 2.38 bits per heavy atom. The average Bonchev–Trinajstić information content (AvgIpc) is 3.59. The van der Waals surface area contributed by atoms with Gasteiger partial charge in [0, 0.05) is 61.9 Å². The van der Waals surface area contributed by atoms with Crippen molar-refractivity contribution in [2.24, 2.45) is 0 Å². The van der Waals surface area contributed by atoms with Crippen molar-refractivity contribution in [3.05, 3.63) is 64.2 Å². The van der Waals surface area contributed by atoms with Gasteiger partial charge in [-0.3, -0.25) is 14.5 Å². The molecule has 2 aromatic rings. The predicted octanol–water partition coefficient (Wildman–Crippen LogP) is 4.41. The molecule has 47 heavy (non-hydrogen) atoms. The van der Waals surface area contributed by atoms with Crippen LogP contribution in [0.2, 0.25) is 5.02 Å². The van der Waals surface area contributed by atoms with Gasteiger partial charge in [0.1, 0.15) is 12.1 Å². The largest absolute Gasteiger partial charge is 0.468 e. The van der Waals surface area contributed by atoms with E-state index < -0.39 is 6.04 Å². The number of methoxy groups -OCH3 is 1. The Labute approximate surface area is 281 Å². The first-order valence-corrected chi connectivity index (χ1v) is 17.2. The number of aryl methyl sites for hydroxylation is 1. The molecule has 11 nitrogen and oxygen atoms in total. The number of para-hydroxylation sites is 1. The van der Waals surface area contributed by atoms with Gasteiger partial charge >= 0.3 is 18.0 Å². The summed E-state index contributed by atoms with van der Waals surface area (Å²) in [6, 6.07) is 12.5. The van der Waals surface area contributed by atoms with Crippen LogP contribution in [-0.2, 0) is 27.3 Å². The SMILES string of the molecule is COC(=O)[C@H]1CCCN1C1CCN(C(=O)C(Cc2ccc(C)c(Cl)c2)NC(=O)N2CCC(N3Cc4ccccc4NC3=O)CC2)CC1. The summed E-state index contributed by atoms with van der Waals surface area (Å²) >= 11 is 6.43. The third-order valence-corrected chi connectivity index (χ3v) is 10.7. The van der Waals surface area contributed by atoms with E-state index >= 15 is 0 Å². The molecule has 0 aliphatic carbocycles. The van der Waals surface area contributed by atoms with Gasteiger partial charge in [0.15, 0.2) is 0 Å². The summed E-state index contributed by atoms with van der Waals surface area (Å²) in [6.45, 7) is 5.43. The number of hydrogen-bond acceptors (Lipinski definition) is 6. The van der Waals surface area contributed by atoms with Crippen LogP contribution in [0.3, 0.4) is 0 Å². The lowest BCUT2D eigenvalue weighted by atomic mass is 9.99. The van der Waals surface area contributed by atoms with Crippen molar-refractivity contribution in [2.45, 2.75) is 82.6 Å². The molecule has 3 saturated heterocycles. The van der Waals surface area contributed by atoms with Crippen LogP contribution in [0, 0.1) is 6.92 Å². The molecule has 4 aliphatic heterocycles. The zero-order valence-corrected chi connectivity index (χ0v) is 28.0. The maximum atomic E-state index is 14.0. The van der Waals surface area contributed by atoms with Crippen LogP contribution in [0.25, 0.3) is 0 Å². The Bertz CT molecular complexity index is 1490. The number of carbonyl (C=O) groups excluding carboxylic acids is 4. The first-order chi connectivity index (χ1) is 22.7. The number of halogens is 1. The molecular weight excluding hydrogens is 620 g/mol. The number of anilines is 1. The molecule has 0 aromatic heterocycles. The Morgan fingerprint density at radius 1 is 0.957 bits per heavy atom. The highest BCUT2D eigenvalue weighted by Crippen LogP contribution is 2.29. The molecule has 12 heteroatoms. The molecule has 0 bridgehead atoms. The summed E-state index contributed by atoms with van der Waals surface area (Å²) < 4.78 is 5.04. The molecule has 2 aromatic carbocycles. The molecule has 0 spiro atoms. The van der Waals surface area contributed by atoms with Gasteiger partial charge < -0.3 is 30.1 Å². The van der Waals surface area contributed by atoms with Crippen molar-refractivity contribution in [1.29, 1.82) is 0 Å². The number of carbonyl (C=O) groups is 4. The van der Waals surface area contributed by atoms with E-state index in [-0.39, 0.29) is 42.1 Å². The number of urea groups is 2. The second-order valence-electron chi connectivity index (χ2n) is 13.2. The summed E-state index contributed by atoms with van der Waals surface area (Å²) in [5, 5.41) is 6.68. The third kappa shape index (κ3) is 7.36. The lowest BCUT2D eigenvalue weighted by Gasteiger charge is -2.41. The molecule has 5 amide bonds. The van der Waals surface area contributed by atoms with Crippen LogP contribution in [0.1, 0.15) is 55.2 Å². The monoisotopic (exact) mass is 664 g/mol. The van der Waals surface area contributed by atoms with E-state index in [0.717, 1.165) is 54.6 Å². The van der Waals surface area contributed by atoms with Gasteiger partial charge in [-0.15, -0.1) is 0 Å². The van der Waals surface area contributed by atoms with E-state index in [1.807, 2.05) is 59.2 Å². The minimum absolute atomic E-state index is 0.0234. The van der Waals surface area contributed by atoms with Crippen LogP contribution < -0.4 is 10.6 Å². The number of nitrogens with zero attached hydrogens (tertiary/aromatic N) is 4. The number of esters is 1. The summed E-state index contributed by atoms with van der Waals surface area (Å²) in [4.78, 5) is 60.6. The molecule has 2 N–H and O–H groups in total. The molecule has 1 unspecified atom stereocenters. The highest BCUT2D eigenvalue weighted by molar-refractivity contribution is 6.31. The first-order valence-electron chi connectivity index (χ1n) is 16.8. The number of likely N-dealkylation sites (tertiary alicyclic amines) is 3. The minimum Gasteiger partial charge on any atom is -0.468 e. The van der Waals surface area contributed by atoms with Gasteiger partial charge in [-0.2, -0.15) is 0 Å². The van der Waals surface area contributed by atoms with E-state index in [2.05, 4.69) is 15.5 Å². The van der Waals surface area contributed by atoms with Crippen molar-refractivity contribution in [3.8, 4) is 0 Å². The van der Waals surface area contributed by atoms with E-state index in [0.29, 0.717) is 57.0 Å². The van der Waals surface area contributed by atoms with Crippen molar-refractivity contribution < 1.29 is 23.9 Å². The van der Waals surface area contributed by atoms with Gasteiger partial charge in [0.2, 0.25) is 5.91 Å². The fraction of sp³-hybridized carbons (Fsp3) is 0.543. The fourth-order valence-electron chi connectivity index (χ4n) is 7.59. The van der Waals surface area contributed by atoms with Gasteiger partial charge in [-0.05, 0) is 80.8 Å². The number of rotatable bonds is 7. The topological polar surface area (TPSA) is 115 Å². The summed E-state index contributed by atoms with van der Waals surface area (Å²) in [5.74, 6) is -0.299. The van der Waals surface area contributed by atoms with Gasteiger partial charge in [-0.25, -0.2) is 9.59 Å². The molecule has 3 fully saturated rings. The minimum atomic E-state index is -0.755. The maximum absolute atomic E-state index is 14.0. The highest BCUT2D eigenvalue weighted by atomic mass is 35.5. The smallest absolute Gasteiger partial charge is 0.323 e. The molecule has 0 radical (unpaired) electrons. The number of fused-ring (bicyclic) bond motifs is 1. The fourth-order valence-corrected chi connectivity index (χ4v) is 7.79. The second kappa shape index (κ2) is 14.5. The van der Waals surface area contributed by atoms with Gasteiger partial charge in [0.05, 0.1) is 7.11 Å². The van der Waals surface area contributed by atoms with Gasteiger partial charge in [-0.1, -0.05) is 41.9 Å². The van der Waals surface area contributed by atoms with Crippen LogP contribution >= 0.6 is 11.6 Å². The molecule has 4 heterocycles. The number of nitrogens with one attached hydrogen (secondary N) is 2. The van der Waals surface area contributed by atoms with E-state index in [4.69, 9.17) is 16.3 Å². The molecule has 0 saturated carbocycles. The molecule has 4 aliphatic rings. The lowest BCUT2D eigenvalue weighted by Crippen LogP contribution is -2.58. The van der Waals surface area contributed by atoms with Gasteiger partial charge in [0.25, 0.3) is 0 Å². The van der Waals surface area contributed by atoms with E-state index in [9.17, 15) is 19.2 Å². The van der Waals surface area contributed by atoms with Crippen LogP contribution in [-0.4, -0.2) is 108 Å². The highest BCUT2D eigenvalue weighted by Gasteiger charge is 2.39. The molecule has 6 rings (SSSR count). The Balaban J connectivity index is 1.08. The summed E-state index contributed by atoms with van der Waals surface area (Å²) in [5.41, 5.74) is 3.76. The zero-order chi connectivity index (χ0) is 33.1. The number of piperidine rings is 2. The number of amides is 5.